The van der Waals surface area contributed by atoms with Crippen molar-refractivity contribution >= 4 is 27.5 Å². The first-order valence-corrected chi connectivity index (χ1v) is 9.34. The Hall–Kier alpha value is -2.57. The fourth-order valence-corrected chi connectivity index (χ4v) is 3.74. The third-order valence-electron chi connectivity index (χ3n) is 4.18. The van der Waals surface area contributed by atoms with Crippen LogP contribution < -0.4 is 15.4 Å². The van der Waals surface area contributed by atoms with Crippen LogP contribution in [0, 0.1) is 0 Å². The number of methoxy groups -OCH3 is 1. The summed E-state index contributed by atoms with van der Waals surface area (Å²) < 4.78 is 6.25. The second-order valence-corrected chi connectivity index (χ2v) is 6.85. The van der Waals surface area contributed by atoms with Gasteiger partial charge in [-0.05, 0) is 40.9 Å². The molecule has 0 fully saturated rings. The number of aliphatic hydroxyl groups is 1. The summed E-state index contributed by atoms with van der Waals surface area (Å²) in [6, 6.07) is 15.4. The SMILES string of the molecule is COc1ccc(CCNC(=O)NCC(O)c2csc3ccccc23)cc1. The highest BCUT2D eigenvalue weighted by Gasteiger charge is 2.13. The number of aliphatic hydroxyl groups excluding tert-OH is 1. The third-order valence-corrected chi connectivity index (χ3v) is 5.17. The molecule has 0 radical (unpaired) electrons. The molecule has 0 saturated heterocycles. The first kappa shape index (κ1) is 18.2. The fraction of sp³-hybridized carbons (Fsp3) is 0.250. The Balaban J connectivity index is 1.43. The number of urea groups is 1. The fourth-order valence-electron chi connectivity index (χ4n) is 2.73. The van der Waals surface area contributed by atoms with E-state index < -0.39 is 6.10 Å². The zero-order valence-electron chi connectivity index (χ0n) is 14.6. The van der Waals surface area contributed by atoms with Crippen molar-refractivity contribution in [1.82, 2.24) is 10.6 Å². The molecule has 2 amide bonds. The van der Waals surface area contributed by atoms with Crippen LogP contribution in [0.4, 0.5) is 4.79 Å². The Morgan fingerprint density at radius 3 is 2.69 bits per heavy atom. The molecule has 6 heteroatoms. The minimum absolute atomic E-state index is 0.176. The van der Waals surface area contributed by atoms with E-state index in [-0.39, 0.29) is 12.6 Å². The summed E-state index contributed by atoms with van der Waals surface area (Å²) in [5.74, 6) is 0.814. The van der Waals surface area contributed by atoms with Gasteiger partial charge in [-0.3, -0.25) is 0 Å². The molecule has 0 spiro atoms. The number of fused-ring (bicyclic) bond motifs is 1. The van der Waals surface area contributed by atoms with E-state index in [4.69, 9.17) is 4.74 Å². The molecule has 3 rings (SSSR count). The van der Waals surface area contributed by atoms with Crippen LogP contribution in [0.1, 0.15) is 17.2 Å². The van der Waals surface area contributed by atoms with Crippen LogP contribution in [0.15, 0.2) is 53.9 Å². The number of hydrogen-bond acceptors (Lipinski definition) is 4. The smallest absolute Gasteiger partial charge is 0.314 e. The van der Waals surface area contributed by atoms with Gasteiger partial charge in [-0.2, -0.15) is 0 Å². The Kier molecular flexibility index (Phi) is 6.09. The van der Waals surface area contributed by atoms with Gasteiger partial charge < -0.3 is 20.5 Å². The lowest BCUT2D eigenvalue weighted by Gasteiger charge is -2.12. The monoisotopic (exact) mass is 370 g/mol. The quantitative estimate of drug-likeness (QED) is 0.596. The van der Waals surface area contributed by atoms with Gasteiger partial charge in [-0.15, -0.1) is 11.3 Å². The maximum Gasteiger partial charge on any atom is 0.314 e. The average molecular weight is 370 g/mol. The predicted octanol–water partition coefficient (Wildman–Crippen LogP) is 3.49. The van der Waals surface area contributed by atoms with Crippen molar-refractivity contribution < 1.29 is 14.6 Å². The summed E-state index contributed by atoms with van der Waals surface area (Å²) in [5, 5.41) is 18.9. The summed E-state index contributed by atoms with van der Waals surface area (Å²) in [7, 11) is 1.63. The first-order chi connectivity index (χ1) is 12.7. The molecule has 2 aromatic carbocycles. The molecule has 0 saturated carbocycles. The van der Waals surface area contributed by atoms with Crippen molar-refractivity contribution in [2.75, 3.05) is 20.2 Å². The summed E-state index contributed by atoms with van der Waals surface area (Å²) in [4.78, 5) is 11.9. The molecule has 136 valence electrons. The van der Waals surface area contributed by atoms with Gasteiger partial charge in [0.15, 0.2) is 0 Å². The van der Waals surface area contributed by atoms with E-state index in [0.29, 0.717) is 6.54 Å². The lowest BCUT2D eigenvalue weighted by atomic mass is 10.1. The average Bonchev–Trinajstić information content (AvgIpc) is 3.11. The molecule has 26 heavy (non-hydrogen) atoms. The van der Waals surface area contributed by atoms with E-state index in [2.05, 4.69) is 10.6 Å². The van der Waals surface area contributed by atoms with Crippen molar-refractivity contribution in [3.63, 3.8) is 0 Å². The zero-order chi connectivity index (χ0) is 18.4. The van der Waals surface area contributed by atoms with Crippen LogP contribution in [0.5, 0.6) is 5.75 Å². The summed E-state index contributed by atoms with van der Waals surface area (Å²) in [6.07, 6.45) is 0.00766. The van der Waals surface area contributed by atoms with E-state index in [1.165, 1.54) is 0 Å². The van der Waals surface area contributed by atoms with Crippen molar-refractivity contribution in [3.05, 3.63) is 65.0 Å². The number of hydrogen-bond donors (Lipinski definition) is 3. The number of ether oxygens (including phenoxy) is 1. The number of nitrogens with one attached hydrogen (secondary N) is 2. The lowest BCUT2D eigenvalue weighted by Crippen LogP contribution is -2.38. The molecule has 1 atom stereocenters. The molecular formula is C20H22N2O3S. The molecule has 0 aliphatic carbocycles. The largest absolute Gasteiger partial charge is 0.497 e. The van der Waals surface area contributed by atoms with E-state index in [0.717, 1.165) is 33.4 Å². The van der Waals surface area contributed by atoms with Crippen LogP contribution in [0.25, 0.3) is 10.1 Å². The Bertz CT molecular complexity index is 861. The predicted molar refractivity (Wildman–Crippen MR) is 105 cm³/mol. The Labute approximate surface area is 156 Å². The van der Waals surface area contributed by atoms with Crippen molar-refractivity contribution in [1.29, 1.82) is 0 Å². The van der Waals surface area contributed by atoms with E-state index in [9.17, 15) is 9.90 Å². The lowest BCUT2D eigenvalue weighted by molar-refractivity contribution is 0.175. The van der Waals surface area contributed by atoms with Gasteiger partial charge in [0.1, 0.15) is 5.75 Å². The van der Waals surface area contributed by atoms with Gasteiger partial charge in [0.05, 0.1) is 13.2 Å². The number of carbonyl (C=O) groups excluding carboxylic acids is 1. The number of rotatable bonds is 7. The number of thiophene rings is 1. The zero-order valence-corrected chi connectivity index (χ0v) is 15.4. The van der Waals surface area contributed by atoms with Gasteiger partial charge >= 0.3 is 6.03 Å². The van der Waals surface area contributed by atoms with Gasteiger partial charge in [0.25, 0.3) is 0 Å². The van der Waals surface area contributed by atoms with Gasteiger partial charge in [-0.1, -0.05) is 30.3 Å². The molecule has 0 aliphatic rings. The highest BCUT2D eigenvalue weighted by Crippen LogP contribution is 2.29. The molecule has 1 unspecified atom stereocenters. The number of benzene rings is 2. The van der Waals surface area contributed by atoms with E-state index >= 15 is 0 Å². The molecule has 0 bridgehead atoms. The molecule has 1 aromatic heterocycles. The first-order valence-electron chi connectivity index (χ1n) is 8.46. The summed E-state index contributed by atoms with van der Waals surface area (Å²) in [5.41, 5.74) is 1.97. The molecule has 0 aliphatic heterocycles. The van der Waals surface area contributed by atoms with Crippen LogP contribution in [0.3, 0.4) is 0 Å². The summed E-state index contributed by atoms with van der Waals surface area (Å²) >= 11 is 1.59. The van der Waals surface area contributed by atoms with Crippen LogP contribution >= 0.6 is 11.3 Å². The second-order valence-electron chi connectivity index (χ2n) is 5.94. The molecule has 3 aromatic rings. The van der Waals surface area contributed by atoms with Crippen molar-refractivity contribution in [3.8, 4) is 5.75 Å². The minimum Gasteiger partial charge on any atom is -0.497 e. The van der Waals surface area contributed by atoms with Crippen LogP contribution in [-0.2, 0) is 6.42 Å². The molecule has 1 heterocycles. The second kappa shape index (κ2) is 8.69. The number of amides is 2. The van der Waals surface area contributed by atoms with Gasteiger partial charge in [-0.25, -0.2) is 4.79 Å². The Morgan fingerprint density at radius 1 is 1.15 bits per heavy atom. The third kappa shape index (κ3) is 4.53. The van der Waals surface area contributed by atoms with Gasteiger partial charge in [0.2, 0.25) is 0 Å². The highest BCUT2D eigenvalue weighted by molar-refractivity contribution is 7.17. The summed E-state index contributed by atoms with van der Waals surface area (Å²) in [6.45, 7) is 0.699. The number of carbonyl (C=O) groups is 1. The van der Waals surface area contributed by atoms with E-state index in [1.54, 1.807) is 18.4 Å². The van der Waals surface area contributed by atoms with Gasteiger partial charge in [0, 0.05) is 23.4 Å². The standard InChI is InChI=1S/C20H22N2O3S/c1-25-15-8-6-14(7-9-15)10-11-21-20(24)22-12-18(23)17-13-26-19-5-3-2-4-16(17)19/h2-9,13,18,23H,10-12H2,1H3,(H2,21,22,24). The van der Waals surface area contributed by atoms with Crippen LogP contribution in [0.2, 0.25) is 0 Å². The molecule has 3 N–H and O–H groups in total. The molecular weight excluding hydrogens is 348 g/mol. The van der Waals surface area contributed by atoms with Crippen molar-refractivity contribution in [2.24, 2.45) is 0 Å². The van der Waals surface area contributed by atoms with Crippen LogP contribution in [-0.4, -0.2) is 31.3 Å². The maximum absolute atomic E-state index is 11.9. The Morgan fingerprint density at radius 2 is 1.92 bits per heavy atom. The normalized spacial score (nSPS) is 11.9. The van der Waals surface area contributed by atoms with E-state index in [1.807, 2.05) is 53.9 Å². The molecule has 5 nitrogen and oxygen atoms in total. The topological polar surface area (TPSA) is 70.6 Å². The highest BCUT2D eigenvalue weighted by atomic mass is 32.1. The van der Waals surface area contributed by atoms with Crippen molar-refractivity contribution in [2.45, 2.75) is 12.5 Å². The minimum atomic E-state index is -0.724. The maximum atomic E-state index is 11.9.